The third-order valence-electron chi connectivity index (χ3n) is 4.10. The number of hydrogen-bond donors (Lipinski definition) is 2. The molecule has 1 aliphatic rings. The number of pyridine rings is 1. The molecule has 0 spiro atoms. The lowest BCUT2D eigenvalue weighted by atomic mass is 10.1. The summed E-state index contributed by atoms with van der Waals surface area (Å²) in [4.78, 5) is 27.3. The van der Waals surface area contributed by atoms with Crippen LogP contribution in [0.25, 0.3) is 0 Å². The lowest BCUT2D eigenvalue weighted by molar-refractivity contribution is -0.123. The van der Waals surface area contributed by atoms with Crippen molar-refractivity contribution >= 4 is 11.9 Å². The minimum absolute atomic E-state index is 0.144. The van der Waals surface area contributed by atoms with Crippen LogP contribution in [-0.4, -0.2) is 47.3 Å². The fourth-order valence-electron chi connectivity index (χ4n) is 2.77. The van der Waals surface area contributed by atoms with Gasteiger partial charge >= 0.3 is 5.97 Å². The van der Waals surface area contributed by atoms with Crippen LogP contribution in [0.2, 0.25) is 0 Å². The summed E-state index contributed by atoms with van der Waals surface area (Å²) in [6.45, 7) is 0.913. The van der Waals surface area contributed by atoms with Crippen LogP contribution in [0.4, 0.5) is 0 Å². The molecule has 3 rings (SSSR count). The highest BCUT2D eigenvalue weighted by molar-refractivity contribution is 5.87. The van der Waals surface area contributed by atoms with Crippen LogP contribution in [0.1, 0.15) is 22.5 Å². The van der Waals surface area contributed by atoms with Crippen LogP contribution >= 0.6 is 0 Å². The van der Waals surface area contributed by atoms with Gasteiger partial charge in [0.05, 0.1) is 31.2 Å². The lowest BCUT2D eigenvalue weighted by Gasteiger charge is -2.32. The molecule has 1 saturated heterocycles. The number of nitrogens with zero attached hydrogens (tertiary/aromatic N) is 1. The van der Waals surface area contributed by atoms with E-state index in [1.807, 2.05) is 6.07 Å². The molecule has 0 unspecified atom stereocenters. The molecule has 1 aliphatic heterocycles. The molecule has 2 aromatic rings. The van der Waals surface area contributed by atoms with Gasteiger partial charge in [-0.3, -0.25) is 9.78 Å². The van der Waals surface area contributed by atoms with E-state index in [2.05, 4.69) is 10.3 Å². The monoisotopic (exact) mass is 356 g/mol. The Kier molecular flexibility index (Phi) is 5.80. The smallest absolute Gasteiger partial charge is 0.335 e. The molecule has 0 saturated carbocycles. The first-order valence-electron chi connectivity index (χ1n) is 8.39. The number of aromatic nitrogens is 1. The fraction of sp³-hybridized carbons (Fsp3) is 0.316. The van der Waals surface area contributed by atoms with E-state index < -0.39 is 5.97 Å². The summed E-state index contributed by atoms with van der Waals surface area (Å²) in [6, 6.07) is 11.4. The topological polar surface area (TPSA) is 97.8 Å². The van der Waals surface area contributed by atoms with E-state index in [4.69, 9.17) is 14.6 Å². The van der Waals surface area contributed by atoms with Gasteiger partial charge in [-0.15, -0.1) is 0 Å². The highest BCUT2D eigenvalue weighted by Crippen LogP contribution is 2.19. The Morgan fingerprint density at radius 3 is 2.73 bits per heavy atom. The predicted octanol–water partition coefficient (Wildman–Crippen LogP) is 1.67. The summed E-state index contributed by atoms with van der Waals surface area (Å²) in [6.07, 6.45) is 2.23. The second kappa shape index (κ2) is 8.44. The number of nitrogens with one attached hydrogen (secondary N) is 1. The maximum atomic E-state index is 12.3. The van der Waals surface area contributed by atoms with Gasteiger partial charge in [0.25, 0.3) is 0 Å². The molecule has 136 valence electrons. The van der Waals surface area contributed by atoms with E-state index in [1.165, 1.54) is 12.1 Å². The Bertz CT molecular complexity index is 748. The van der Waals surface area contributed by atoms with Gasteiger partial charge in [-0.05, 0) is 36.4 Å². The van der Waals surface area contributed by atoms with Crippen molar-refractivity contribution in [3.05, 3.63) is 59.9 Å². The quantitative estimate of drug-likeness (QED) is 0.817. The average molecular weight is 356 g/mol. The number of rotatable bonds is 6. The minimum Gasteiger partial charge on any atom is -0.488 e. The van der Waals surface area contributed by atoms with Gasteiger partial charge in [0.15, 0.2) is 0 Å². The van der Waals surface area contributed by atoms with Gasteiger partial charge in [-0.2, -0.15) is 0 Å². The molecule has 2 heterocycles. The molecular weight excluding hydrogens is 336 g/mol. The number of carbonyl (C=O) groups is 2. The van der Waals surface area contributed by atoms with E-state index in [0.29, 0.717) is 31.1 Å². The van der Waals surface area contributed by atoms with Crippen molar-refractivity contribution in [3.8, 4) is 5.75 Å². The molecule has 0 radical (unpaired) electrons. The Morgan fingerprint density at radius 1 is 1.23 bits per heavy atom. The first-order chi connectivity index (χ1) is 12.6. The maximum Gasteiger partial charge on any atom is 0.335 e. The zero-order chi connectivity index (χ0) is 18.4. The molecule has 1 aromatic carbocycles. The third-order valence-corrected chi connectivity index (χ3v) is 4.10. The Hall–Kier alpha value is -2.93. The highest BCUT2D eigenvalue weighted by atomic mass is 16.5. The van der Waals surface area contributed by atoms with Gasteiger partial charge in [0, 0.05) is 18.3 Å². The molecule has 1 amide bonds. The van der Waals surface area contributed by atoms with Crippen LogP contribution in [0.3, 0.4) is 0 Å². The normalized spacial score (nSPS) is 19.5. The van der Waals surface area contributed by atoms with Crippen molar-refractivity contribution in [1.29, 1.82) is 0 Å². The number of aromatic carboxylic acids is 1. The number of hydrogen-bond acceptors (Lipinski definition) is 5. The number of carbonyl (C=O) groups excluding carboxylic acids is 1. The summed E-state index contributed by atoms with van der Waals surface area (Å²) in [7, 11) is 0. The van der Waals surface area contributed by atoms with Gasteiger partial charge in [0.1, 0.15) is 11.9 Å². The van der Waals surface area contributed by atoms with E-state index in [0.717, 1.165) is 0 Å². The minimum atomic E-state index is -0.984. The molecule has 26 heavy (non-hydrogen) atoms. The second-order valence-electron chi connectivity index (χ2n) is 6.02. The summed E-state index contributed by atoms with van der Waals surface area (Å²) >= 11 is 0. The lowest BCUT2D eigenvalue weighted by Crippen LogP contribution is -2.52. The third kappa shape index (κ3) is 4.80. The molecule has 2 atom stereocenters. The van der Waals surface area contributed by atoms with E-state index in [-0.39, 0.29) is 30.0 Å². The van der Waals surface area contributed by atoms with E-state index in [1.54, 1.807) is 30.5 Å². The number of benzene rings is 1. The van der Waals surface area contributed by atoms with Crippen molar-refractivity contribution in [2.45, 2.75) is 25.0 Å². The van der Waals surface area contributed by atoms with Gasteiger partial charge in [-0.25, -0.2) is 4.79 Å². The standard InChI is InChI=1S/C19H20N2O5/c22-18(11-14-3-1-2-9-20-14)21-16-12-25-10-8-17(16)26-15-6-4-13(5-7-15)19(23)24/h1-7,9,16-17H,8,10-12H2,(H,21,22)(H,23,24)/t16-,17-/m1/s1. The highest BCUT2D eigenvalue weighted by Gasteiger charge is 2.29. The largest absolute Gasteiger partial charge is 0.488 e. The van der Waals surface area contributed by atoms with Crippen molar-refractivity contribution in [3.63, 3.8) is 0 Å². The molecular formula is C19H20N2O5. The number of ether oxygens (including phenoxy) is 2. The fourth-order valence-corrected chi connectivity index (χ4v) is 2.77. The van der Waals surface area contributed by atoms with Gasteiger partial charge in [-0.1, -0.05) is 6.07 Å². The van der Waals surface area contributed by atoms with Crippen LogP contribution in [-0.2, 0) is 16.0 Å². The zero-order valence-electron chi connectivity index (χ0n) is 14.1. The van der Waals surface area contributed by atoms with Crippen LogP contribution in [0, 0.1) is 0 Å². The van der Waals surface area contributed by atoms with Crippen LogP contribution in [0.5, 0.6) is 5.75 Å². The first-order valence-corrected chi connectivity index (χ1v) is 8.39. The van der Waals surface area contributed by atoms with Crippen LogP contribution < -0.4 is 10.1 Å². The Morgan fingerprint density at radius 2 is 2.04 bits per heavy atom. The second-order valence-corrected chi connectivity index (χ2v) is 6.02. The van der Waals surface area contributed by atoms with Crippen molar-refractivity contribution in [2.24, 2.45) is 0 Å². The summed E-state index contributed by atoms with van der Waals surface area (Å²) in [5.41, 5.74) is 0.896. The average Bonchev–Trinajstić information content (AvgIpc) is 2.64. The molecule has 7 heteroatoms. The number of amides is 1. The van der Waals surface area contributed by atoms with Gasteiger partial charge in [0.2, 0.25) is 5.91 Å². The van der Waals surface area contributed by atoms with E-state index in [9.17, 15) is 9.59 Å². The zero-order valence-corrected chi connectivity index (χ0v) is 14.1. The van der Waals surface area contributed by atoms with Crippen LogP contribution in [0.15, 0.2) is 48.7 Å². The molecule has 0 bridgehead atoms. The van der Waals surface area contributed by atoms with Gasteiger partial charge < -0.3 is 19.9 Å². The number of carboxylic acids is 1. The van der Waals surface area contributed by atoms with Crippen molar-refractivity contribution < 1.29 is 24.2 Å². The predicted molar refractivity (Wildman–Crippen MR) is 93.1 cm³/mol. The number of carboxylic acid groups (broad SMARTS) is 1. The molecule has 1 aromatic heterocycles. The summed E-state index contributed by atoms with van der Waals surface area (Å²) in [5.74, 6) is -0.567. The molecule has 0 aliphatic carbocycles. The molecule has 7 nitrogen and oxygen atoms in total. The SMILES string of the molecule is O=C(Cc1ccccn1)N[C@@H]1COCC[C@H]1Oc1ccc(C(=O)O)cc1. The van der Waals surface area contributed by atoms with Crippen molar-refractivity contribution in [2.75, 3.05) is 13.2 Å². The molecule has 2 N–H and O–H groups in total. The van der Waals surface area contributed by atoms with Crippen molar-refractivity contribution in [1.82, 2.24) is 10.3 Å². The summed E-state index contributed by atoms with van der Waals surface area (Å²) in [5, 5.41) is 11.9. The molecule has 1 fully saturated rings. The first kappa shape index (κ1) is 17.9. The van der Waals surface area contributed by atoms with E-state index >= 15 is 0 Å². The Labute approximate surface area is 151 Å². The Balaban J connectivity index is 1.60. The maximum absolute atomic E-state index is 12.3. The summed E-state index contributed by atoms with van der Waals surface area (Å²) < 4.78 is 11.4.